The van der Waals surface area contributed by atoms with Gasteiger partial charge in [0.15, 0.2) is 0 Å². The topological polar surface area (TPSA) is 0 Å². The van der Waals surface area contributed by atoms with Crippen molar-refractivity contribution < 1.29 is 0 Å². The third-order valence-corrected chi connectivity index (χ3v) is 12.9. The second-order valence-corrected chi connectivity index (χ2v) is 17.0. The van der Waals surface area contributed by atoms with Crippen molar-refractivity contribution in [3.63, 3.8) is 0 Å². The van der Waals surface area contributed by atoms with Gasteiger partial charge in [0.25, 0.3) is 0 Å². The van der Waals surface area contributed by atoms with Gasteiger partial charge in [0.2, 0.25) is 0 Å². The maximum absolute atomic E-state index is 2.48. The normalized spacial score (nSPS) is 13.3. The van der Waals surface area contributed by atoms with Crippen LogP contribution in [0.15, 0.2) is 97.1 Å². The Hall–Kier alpha value is -5.20. The SMILES string of the molecule is CC(C)c1c2c(c(C(C)C)c3ccccc13)-c1ccc3c4ccc5c6c(ccc(c7ccc-2c1c73)c64)-c1c-5c(C(C)C)c2ccccc2c1C(C)C. The molecule has 9 aromatic rings. The van der Waals surface area contributed by atoms with Gasteiger partial charge in [0, 0.05) is 0 Å². The lowest BCUT2D eigenvalue weighted by molar-refractivity contribution is 0.864. The largest absolute Gasteiger partial charge is 0.0616 e. The summed E-state index contributed by atoms with van der Waals surface area (Å²) in [5, 5.41) is 17.0. The fourth-order valence-corrected chi connectivity index (χ4v) is 11.2. The summed E-state index contributed by atoms with van der Waals surface area (Å²) >= 11 is 0. The summed E-state index contributed by atoms with van der Waals surface area (Å²) in [5.41, 5.74) is 17.5. The lowest BCUT2D eigenvalue weighted by atomic mass is 9.80. The minimum absolute atomic E-state index is 0.411. The third kappa shape index (κ3) is 3.50. The van der Waals surface area contributed by atoms with Crippen LogP contribution >= 0.6 is 0 Å². The maximum atomic E-state index is 2.48. The summed E-state index contributed by atoms with van der Waals surface area (Å²) in [4.78, 5) is 0. The van der Waals surface area contributed by atoms with Crippen LogP contribution in [0.1, 0.15) is 101 Å². The van der Waals surface area contributed by atoms with Crippen LogP contribution in [0.2, 0.25) is 0 Å². The summed E-state index contributed by atoms with van der Waals surface area (Å²) < 4.78 is 0. The number of hydrogen-bond donors (Lipinski definition) is 0. The van der Waals surface area contributed by atoms with Gasteiger partial charge in [-0.15, -0.1) is 0 Å². The molecule has 0 unspecified atom stereocenters. The molecule has 0 heterocycles. The first-order valence-electron chi connectivity index (χ1n) is 19.6. The second-order valence-electron chi connectivity index (χ2n) is 17.0. The van der Waals surface area contributed by atoms with Crippen LogP contribution in [0, 0.1) is 0 Å². The van der Waals surface area contributed by atoms with E-state index in [0.717, 1.165) is 0 Å². The van der Waals surface area contributed by atoms with Crippen molar-refractivity contribution in [1.82, 2.24) is 0 Å². The maximum Gasteiger partial charge on any atom is -0.00137 e. The quantitative estimate of drug-likeness (QED) is 0.129. The highest BCUT2D eigenvalue weighted by Crippen LogP contribution is 2.61. The van der Waals surface area contributed by atoms with Gasteiger partial charge in [-0.3, -0.25) is 0 Å². The van der Waals surface area contributed by atoms with Gasteiger partial charge in [-0.1, -0.05) is 152 Å². The Morgan fingerprint density at radius 3 is 0.692 bits per heavy atom. The van der Waals surface area contributed by atoms with Crippen molar-refractivity contribution >= 4 is 64.6 Å². The van der Waals surface area contributed by atoms with E-state index in [1.165, 1.54) is 131 Å². The molecule has 0 amide bonds. The monoisotopic (exact) mass is 668 g/mol. The molecule has 0 bridgehead atoms. The van der Waals surface area contributed by atoms with Gasteiger partial charge in [0.1, 0.15) is 0 Å². The van der Waals surface area contributed by atoms with Gasteiger partial charge >= 0.3 is 0 Å². The fourth-order valence-electron chi connectivity index (χ4n) is 11.2. The van der Waals surface area contributed by atoms with E-state index in [4.69, 9.17) is 0 Å². The minimum Gasteiger partial charge on any atom is -0.0616 e. The molecular formula is C52H44. The summed E-state index contributed by atoms with van der Waals surface area (Å²) in [5.74, 6) is 1.64. The zero-order valence-electron chi connectivity index (χ0n) is 31.5. The number of benzene rings is 9. The molecule has 0 N–H and O–H groups in total. The van der Waals surface area contributed by atoms with Crippen molar-refractivity contribution in [3.8, 4) is 44.5 Å². The van der Waals surface area contributed by atoms with E-state index in [-0.39, 0.29) is 0 Å². The van der Waals surface area contributed by atoms with Crippen LogP contribution in [0.25, 0.3) is 109 Å². The Morgan fingerprint density at radius 1 is 0.250 bits per heavy atom. The van der Waals surface area contributed by atoms with Crippen LogP contribution in [-0.2, 0) is 0 Å². The Labute approximate surface area is 306 Å². The average Bonchev–Trinajstić information content (AvgIpc) is 3.64. The molecule has 0 aliphatic heterocycles. The van der Waals surface area contributed by atoms with E-state index >= 15 is 0 Å². The van der Waals surface area contributed by atoms with Crippen LogP contribution in [0.3, 0.4) is 0 Å². The Bertz CT molecular complexity index is 2650. The molecule has 0 saturated heterocycles. The first-order chi connectivity index (χ1) is 25.2. The molecule has 252 valence electrons. The van der Waals surface area contributed by atoms with Crippen molar-refractivity contribution in [2.24, 2.45) is 0 Å². The van der Waals surface area contributed by atoms with E-state index in [2.05, 4.69) is 152 Å². The minimum atomic E-state index is 0.411. The summed E-state index contributed by atoms with van der Waals surface area (Å²) in [6.07, 6.45) is 0. The highest BCUT2D eigenvalue weighted by atomic mass is 14.4. The van der Waals surface area contributed by atoms with Crippen molar-refractivity contribution in [1.29, 1.82) is 0 Å². The number of rotatable bonds is 4. The molecule has 0 atom stereocenters. The molecule has 2 aliphatic rings. The van der Waals surface area contributed by atoms with Crippen molar-refractivity contribution in [2.75, 3.05) is 0 Å². The molecule has 0 saturated carbocycles. The van der Waals surface area contributed by atoms with Gasteiger partial charge in [-0.2, -0.15) is 0 Å². The van der Waals surface area contributed by atoms with E-state index < -0.39 is 0 Å². The molecule has 0 heteroatoms. The molecule has 0 aromatic heterocycles. The lowest BCUT2D eigenvalue weighted by Crippen LogP contribution is -2.01. The molecule has 0 radical (unpaired) electrons. The predicted octanol–water partition coefficient (Wildman–Crippen LogP) is 15.8. The van der Waals surface area contributed by atoms with Gasteiger partial charge in [-0.05, 0) is 155 Å². The van der Waals surface area contributed by atoms with Crippen LogP contribution < -0.4 is 0 Å². The van der Waals surface area contributed by atoms with Crippen LogP contribution in [0.4, 0.5) is 0 Å². The lowest BCUT2D eigenvalue weighted by Gasteiger charge is -2.23. The zero-order chi connectivity index (χ0) is 35.5. The van der Waals surface area contributed by atoms with Crippen LogP contribution in [-0.4, -0.2) is 0 Å². The Morgan fingerprint density at radius 2 is 0.481 bits per heavy atom. The molecule has 52 heavy (non-hydrogen) atoms. The van der Waals surface area contributed by atoms with Gasteiger partial charge < -0.3 is 0 Å². The smallest absolute Gasteiger partial charge is 0.00137 e. The standard InChI is InChI=1S/C52H44/c1-25(2)41-29-13-9-10-14-30(29)42(26(3)4)50-38-22-18-34-36-20-24-40-48-39(23-19-35(46(36)48)33-17-21-37(49(41)50)47(38)45(33)34)51-43(27(5)6)31-15-11-12-16-32(31)44(28(7)8)52(40)51/h9-28H,1-8H3. The first-order valence-corrected chi connectivity index (χ1v) is 19.6. The molecule has 0 fully saturated rings. The van der Waals surface area contributed by atoms with Gasteiger partial charge in [0.05, 0.1) is 0 Å². The van der Waals surface area contributed by atoms with Crippen LogP contribution in [0.5, 0.6) is 0 Å². The van der Waals surface area contributed by atoms with Gasteiger partial charge in [-0.25, -0.2) is 0 Å². The summed E-state index contributed by atoms with van der Waals surface area (Å²) in [6, 6.07) is 38.1. The van der Waals surface area contributed by atoms with E-state index in [0.29, 0.717) is 23.7 Å². The number of hydrogen-bond acceptors (Lipinski definition) is 0. The molecule has 0 spiro atoms. The highest BCUT2D eigenvalue weighted by Gasteiger charge is 2.35. The number of fused-ring (bicyclic) bond motifs is 10. The molecule has 2 aliphatic carbocycles. The van der Waals surface area contributed by atoms with E-state index in [9.17, 15) is 0 Å². The van der Waals surface area contributed by atoms with Crippen molar-refractivity contribution in [3.05, 3.63) is 119 Å². The molecular weight excluding hydrogens is 625 g/mol. The molecule has 11 rings (SSSR count). The summed E-state index contributed by atoms with van der Waals surface area (Å²) in [7, 11) is 0. The fraction of sp³-hybridized carbons (Fsp3) is 0.231. The molecule has 9 aromatic carbocycles. The Balaban J connectivity index is 1.30. The summed E-state index contributed by atoms with van der Waals surface area (Å²) in [6.45, 7) is 19.0. The predicted molar refractivity (Wildman–Crippen MR) is 228 cm³/mol. The third-order valence-electron chi connectivity index (χ3n) is 12.9. The van der Waals surface area contributed by atoms with E-state index in [1.807, 2.05) is 0 Å². The highest BCUT2D eigenvalue weighted by molar-refractivity contribution is 6.40. The van der Waals surface area contributed by atoms with E-state index in [1.54, 1.807) is 0 Å². The molecule has 0 nitrogen and oxygen atoms in total. The first kappa shape index (κ1) is 30.4. The van der Waals surface area contributed by atoms with Crippen molar-refractivity contribution in [2.45, 2.75) is 79.1 Å². The zero-order valence-corrected chi connectivity index (χ0v) is 31.5. The second kappa shape index (κ2) is 10.2. The Kier molecular flexibility index (Phi) is 5.99. The average molecular weight is 669 g/mol.